The normalized spacial score (nSPS) is 12.0. The molecule has 0 aliphatic heterocycles. The van der Waals surface area contributed by atoms with Crippen LogP contribution in [0, 0.1) is 0 Å². The van der Waals surface area contributed by atoms with E-state index in [9.17, 15) is 0 Å². The Bertz CT molecular complexity index is 273. The summed E-state index contributed by atoms with van der Waals surface area (Å²) >= 11 is 11.8. The van der Waals surface area contributed by atoms with Crippen LogP contribution in [-0.2, 0) is 0 Å². The van der Waals surface area contributed by atoms with Gasteiger partial charge in [-0.2, -0.15) is 0 Å². The third-order valence-corrected chi connectivity index (χ3v) is 2.34. The summed E-state index contributed by atoms with van der Waals surface area (Å²) in [6, 6.07) is -0.215. The van der Waals surface area contributed by atoms with Gasteiger partial charge < -0.3 is 11.5 Å². The lowest BCUT2D eigenvalue weighted by atomic mass is 10.1. The lowest BCUT2D eigenvalue weighted by molar-refractivity contribution is 0.661. The van der Waals surface area contributed by atoms with Crippen LogP contribution >= 0.6 is 35.6 Å². The van der Waals surface area contributed by atoms with Gasteiger partial charge in [-0.1, -0.05) is 23.2 Å². The zero-order valence-corrected chi connectivity index (χ0v) is 9.74. The minimum Gasteiger partial charge on any atom is -0.330 e. The second kappa shape index (κ2) is 6.43. The van der Waals surface area contributed by atoms with Crippen LogP contribution in [0.15, 0.2) is 12.4 Å². The van der Waals surface area contributed by atoms with Gasteiger partial charge in [-0.25, -0.2) is 0 Å². The summed E-state index contributed by atoms with van der Waals surface area (Å²) in [5, 5.41) is 0.988. The Morgan fingerprint density at radius 3 is 2.21 bits per heavy atom. The molecule has 0 spiro atoms. The molecule has 0 aromatic carbocycles. The summed E-state index contributed by atoms with van der Waals surface area (Å²) in [5.41, 5.74) is 11.9. The van der Waals surface area contributed by atoms with Crippen molar-refractivity contribution in [2.75, 3.05) is 6.54 Å². The molecule has 1 aromatic heterocycles. The fraction of sp³-hybridized carbons (Fsp3) is 0.375. The summed E-state index contributed by atoms with van der Waals surface area (Å²) in [7, 11) is 0. The minimum absolute atomic E-state index is 0. The average molecular weight is 257 g/mol. The number of hydrogen-bond donors (Lipinski definition) is 2. The molecule has 0 aliphatic rings. The summed E-state index contributed by atoms with van der Waals surface area (Å²) in [6.07, 6.45) is 3.71. The average Bonchev–Trinajstić information content (AvgIpc) is 2.04. The van der Waals surface area contributed by atoms with Crippen LogP contribution in [0.5, 0.6) is 0 Å². The van der Waals surface area contributed by atoms with Gasteiger partial charge in [-0.3, -0.25) is 4.98 Å². The summed E-state index contributed by atoms with van der Waals surface area (Å²) in [5.74, 6) is 0. The van der Waals surface area contributed by atoms with Crippen LogP contribution in [0.3, 0.4) is 0 Å². The lowest BCUT2D eigenvalue weighted by Crippen LogP contribution is -2.16. The molecule has 1 atom stereocenters. The van der Waals surface area contributed by atoms with Crippen molar-refractivity contribution in [1.82, 2.24) is 4.98 Å². The van der Waals surface area contributed by atoms with E-state index in [0.717, 1.165) is 5.56 Å². The third-order valence-electron chi connectivity index (χ3n) is 1.74. The van der Waals surface area contributed by atoms with Gasteiger partial charge in [0, 0.05) is 24.0 Å². The maximum Gasteiger partial charge on any atom is 0.0651 e. The molecule has 0 unspecified atom stereocenters. The largest absolute Gasteiger partial charge is 0.330 e. The third kappa shape index (κ3) is 3.26. The highest BCUT2D eigenvalue weighted by Crippen LogP contribution is 2.29. The highest BCUT2D eigenvalue weighted by atomic mass is 35.5. The molecule has 1 heterocycles. The topological polar surface area (TPSA) is 64.9 Å². The maximum atomic E-state index is 5.89. The second-order valence-corrected chi connectivity index (χ2v) is 3.52. The highest BCUT2D eigenvalue weighted by molar-refractivity contribution is 6.35. The molecule has 0 radical (unpaired) electrons. The van der Waals surface area contributed by atoms with Crippen molar-refractivity contribution in [3.05, 3.63) is 28.0 Å². The van der Waals surface area contributed by atoms with E-state index in [0.29, 0.717) is 23.0 Å². The van der Waals surface area contributed by atoms with Gasteiger partial charge in [0.25, 0.3) is 0 Å². The van der Waals surface area contributed by atoms with Crippen molar-refractivity contribution in [1.29, 1.82) is 0 Å². The number of halogens is 3. The summed E-state index contributed by atoms with van der Waals surface area (Å²) in [4.78, 5) is 3.84. The number of nitrogens with zero attached hydrogens (tertiary/aromatic N) is 1. The molecule has 0 bridgehead atoms. The van der Waals surface area contributed by atoms with Crippen LogP contribution in [0.2, 0.25) is 10.0 Å². The van der Waals surface area contributed by atoms with Crippen LogP contribution in [0.25, 0.3) is 0 Å². The van der Waals surface area contributed by atoms with Crippen molar-refractivity contribution in [2.24, 2.45) is 11.5 Å². The first-order chi connectivity index (χ1) is 6.16. The summed E-state index contributed by atoms with van der Waals surface area (Å²) in [6.45, 7) is 0.510. The second-order valence-electron chi connectivity index (χ2n) is 2.70. The quantitative estimate of drug-likeness (QED) is 0.871. The number of pyridine rings is 1. The predicted octanol–water partition coefficient (Wildman–Crippen LogP) is 2.16. The Balaban J connectivity index is 0.00000169. The molecule has 4 N–H and O–H groups in total. The van der Waals surface area contributed by atoms with Gasteiger partial charge in [0.15, 0.2) is 0 Å². The van der Waals surface area contributed by atoms with Gasteiger partial charge in [-0.05, 0) is 13.0 Å². The Morgan fingerprint density at radius 2 is 1.79 bits per heavy atom. The first-order valence-corrected chi connectivity index (χ1v) is 4.67. The molecular formula is C8H12Cl3N3. The maximum absolute atomic E-state index is 5.89. The smallest absolute Gasteiger partial charge is 0.0651 e. The van der Waals surface area contributed by atoms with E-state index in [1.165, 1.54) is 12.4 Å². The molecular weight excluding hydrogens is 244 g/mol. The monoisotopic (exact) mass is 255 g/mol. The van der Waals surface area contributed by atoms with E-state index in [2.05, 4.69) is 4.98 Å². The standard InChI is InChI=1S/C8H11Cl2N3.ClH/c9-5-3-13-4-6(10)8(5)7(12)1-2-11;/h3-4,7H,1-2,11-12H2;1H/t7-;/m1./s1. The number of hydrogen-bond acceptors (Lipinski definition) is 3. The van der Waals surface area contributed by atoms with Crippen molar-refractivity contribution in [2.45, 2.75) is 12.5 Å². The van der Waals surface area contributed by atoms with Crippen molar-refractivity contribution in [3.8, 4) is 0 Å². The lowest BCUT2D eigenvalue weighted by Gasteiger charge is -2.13. The number of aromatic nitrogens is 1. The molecule has 0 saturated heterocycles. The molecule has 14 heavy (non-hydrogen) atoms. The molecule has 3 nitrogen and oxygen atoms in total. The molecule has 1 rings (SSSR count). The van der Waals surface area contributed by atoms with Crippen LogP contribution in [-0.4, -0.2) is 11.5 Å². The summed E-state index contributed by atoms with van der Waals surface area (Å²) < 4.78 is 0. The highest BCUT2D eigenvalue weighted by Gasteiger charge is 2.13. The Morgan fingerprint density at radius 1 is 1.29 bits per heavy atom. The number of nitrogens with two attached hydrogens (primary N) is 2. The van der Waals surface area contributed by atoms with Crippen molar-refractivity contribution < 1.29 is 0 Å². The van der Waals surface area contributed by atoms with E-state index >= 15 is 0 Å². The van der Waals surface area contributed by atoms with E-state index in [4.69, 9.17) is 34.7 Å². The van der Waals surface area contributed by atoms with Crippen molar-refractivity contribution >= 4 is 35.6 Å². The molecule has 6 heteroatoms. The van der Waals surface area contributed by atoms with Gasteiger partial charge in [0.05, 0.1) is 10.0 Å². The van der Waals surface area contributed by atoms with E-state index in [1.807, 2.05) is 0 Å². The van der Waals surface area contributed by atoms with E-state index in [1.54, 1.807) is 0 Å². The fourth-order valence-electron chi connectivity index (χ4n) is 1.10. The Kier molecular flexibility index (Phi) is 6.40. The van der Waals surface area contributed by atoms with Crippen LogP contribution < -0.4 is 11.5 Å². The fourth-order valence-corrected chi connectivity index (χ4v) is 1.74. The first-order valence-electron chi connectivity index (χ1n) is 3.91. The zero-order chi connectivity index (χ0) is 9.84. The van der Waals surface area contributed by atoms with Gasteiger partial charge in [0.1, 0.15) is 0 Å². The van der Waals surface area contributed by atoms with Crippen LogP contribution in [0.1, 0.15) is 18.0 Å². The molecule has 80 valence electrons. The predicted molar refractivity (Wildman–Crippen MR) is 62.1 cm³/mol. The SMILES string of the molecule is Cl.NCC[C@@H](N)c1c(Cl)cncc1Cl. The van der Waals surface area contributed by atoms with Gasteiger partial charge in [-0.15, -0.1) is 12.4 Å². The molecule has 0 aliphatic carbocycles. The Hall–Kier alpha value is -0.0600. The van der Waals surface area contributed by atoms with Crippen LogP contribution in [0.4, 0.5) is 0 Å². The number of rotatable bonds is 3. The zero-order valence-electron chi connectivity index (χ0n) is 7.41. The molecule has 1 aromatic rings. The first kappa shape index (κ1) is 13.9. The van der Waals surface area contributed by atoms with E-state index in [-0.39, 0.29) is 18.4 Å². The van der Waals surface area contributed by atoms with Crippen molar-refractivity contribution in [3.63, 3.8) is 0 Å². The minimum atomic E-state index is -0.215. The van der Waals surface area contributed by atoms with E-state index < -0.39 is 0 Å². The molecule has 0 fully saturated rings. The van der Waals surface area contributed by atoms with Gasteiger partial charge >= 0.3 is 0 Å². The van der Waals surface area contributed by atoms with Gasteiger partial charge in [0.2, 0.25) is 0 Å². The Labute approximate surface area is 99.2 Å². The molecule has 0 amide bonds. The molecule has 0 saturated carbocycles.